The van der Waals surface area contributed by atoms with E-state index >= 15 is 0 Å². The van der Waals surface area contributed by atoms with E-state index in [1.54, 1.807) is 0 Å². The summed E-state index contributed by atoms with van der Waals surface area (Å²) in [5, 5.41) is 3.85. The highest BCUT2D eigenvalue weighted by Crippen LogP contribution is 2.36. The molecule has 2 fully saturated rings. The molecule has 1 aromatic heterocycles. The molecule has 0 radical (unpaired) electrons. The SMILES string of the molecule is Cc1cccnc1CN1CC2(CCCC2)NCC1(C)C. The van der Waals surface area contributed by atoms with Gasteiger partial charge in [-0.2, -0.15) is 0 Å². The lowest BCUT2D eigenvalue weighted by Gasteiger charge is -2.51. The van der Waals surface area contributed by atoms with Crippen LogP contribution in [-0.4, -0.2) is 34.1 Å². The Morgan fingerprint density at radius 1 is 1.30 bits per heavy atom. The van der Waals surface area contributed by atoms with Crippen LogP contribution in [0.2, 0.25) is 0 Å². The highest BCUT2D eigenvalue weighted by Gasteiger charge is 2.44. The molecule has 3 heteroatoms. The van der Waals surface area contributed by atoms with E-state index in [2.05, 4.69) is 42.0 Å². The van der Waals surface area contributed by atoms with Crippen LogP contribution in [0.5, 0.6) is 0 Å². The Labute approximate surface area is 122 Å². The largest absolute Gasteiger partial charge is 0.308 e. The number of pyridine rings is 1. The van der Waals surface area contributed by atoms with E-state index in [0.717, 1.165) is 19.6 Å². The molecule has 20 heavy (non-hydrogen) atoms. The number of aryl methyl sites for hydroxylation is 1. The summed E-state index contributed by atoms with van der Waals surface area (Å²) in [7, 11) is 0. The smallest absolute Gasteiger partial charge is 0.0573 e. The van der Waals surface area contributed by atoms with Gasteiger partial charge in [0.05, 0.1) is 5.69 Å². The fourth-order valence-corrected chi connectivity index (χ4v) is 3.67. The van der Waals surface area contributed by atoms with Gasteiger partial charge in [0.1, 0.15) is 0 Å². The Bertz CT molecular complexity index is 475. The molecule has 2 aliphatic rings. The molecule has 0 atom stereocenters. The van der Waals surface area contributed by atoms with Crippen LogP contribution in [0.25, 0.3) is 0 Å². The van der Waals surface area contributed by atoms with E-state index in [1.807, 2.05) is 12.3 Å². The lowest BCUT2D eigenvalue weighted by Crippen LogP contribution is -2.66. The second-order valence-electron chi connectivity index (χ2n) is 7.28. The van der Waals surface area contributed by atoms with Gasteiger partial charge < -0.3 is 5.32 Å². The third-order valence-corrected chi connectivity index (χ3v) is 5.26. The molecule has 1 aromatic rings. The summed E-state index contributed by atoms with van der Waals surface area (Å²) in [6.45, 7) is 10.1. The van der Waals surface area contributed by atoms with Crippen LogP contribution < -0.4 is 5.32 Å². The molecule has 1 aliphatic carbocycles. The molecule has 1 spiro atoms. The summed E-state index contributed by atoms with van der Waals surface area (Å²) < 4.78 is 0. The Morgan fingerprint density at radius 2 is 2.05 bits per heavy atom. The molecule has 110 valence electrons. The third kappa shape index (κ3) is 2.61. The normalized spacial score (nSPS) is 25.1. The van der Waals surface area contributed by atoms with Gasteiger partial charge in [-0.25, -0.2) is 0 Å². The zero-order valence-electron chi connectivity index (χ0n) is 13.1. The van der Waals surface area contributed by atoms with Gasteiger partial charge in [-0.15, -0.1) is 0 Å². The van der Waals surface area contributed by atoms with Crippen LogP contribution in [0.3, 0.4) is 0 Å². The Kier molecular flexibility index (Phi) is 3.59. The van der Waals surface area contributed by atoms with Crippen molar-refractivity contribution in [3.05, 3.63) is 29.6 Å². The maximum Gasteiger partial charge on any atom is 0.0573 e. The molecule has 0 aromatic carbocycles. The van der Waals surface area contributed by atoms with Crippen molar-refractivity contribution in [3.63, 3.8) is 0 Å². The molecule has 0 bridgehead atoms. The first-order valence-corrected chi connectivity index (χ1v) is 7.91. The van der Waals surface area contributed by atoms with Crippen LogP contribution in [0, 0.1) is 6.92 Å². The lowest BCUT2D eigenvalue weighted by molar-refractivity contribution is 0.0206. The first-order valence-electron chi connectivity index (χ1n) is 7.91. The lowest BCUT2D eigenvalue weighted by atomic mass is 9.87. The van der Waals surface area contributed by atoms with Crippen LogP contribution in [-0.2, 0) is 6.54 Å². The van der Waals surface area contributed by atoms with Gasteiger partial charge in [0, 0.05) is 36.9 Å². The van der Waals surface area contributed by atoms with Crippen molar-refractivity contribution in [2.24, 2.45) is 0 Å². The number of rotatable bonds is 2. The molecule has 1 N–H and O–H groups in total. The van der Waals surface area contributed by atoms with E-state index in [1.165, 1.54) is 36.9 Å². The molecule has 1 saturated carbocycles. The van der Waals surface area contributed by atoms with Gasteiger partial charge in [0.15, 0.2) is 0 Å². The van der Waals surface area contributed by atoms with Crippen LogP contribution in [0.4, 0.5) is 0 Å². The zero-order valence-corrected chi connectivity index (χ0v) is 13.1. The zero-order chi connectivity index (χ0) is 14.2. The second-order valence-corrected chi connectivity index (χ2v) is 7.28. The monoisotopic (exact) mass is 273 g/mol. The van der Waals surface area contributed by atoms with Crippen molar-refractivity contribution >= 4 is 0 Å². The summed E-state index contributed by atoms with van der Waals surface area (Å²) >= 11 is 0. The van der Waals surface area contributed by atoms with Crippen LogP contribution in [0.15, 0.2) is 18.3 Å². The number of nitrogens with zero attached hydrogens (tertiary/aromatic N) is 2. The van der Waals surface area contributed by atoms with Gasteiger partial charge in [0.2, 0.25) is 0 Å². The second kappa shape index (κ2) is 5.12. The number of piperazine rings is 1. The predicted molar refractivity (Wildman–Crippen MR) is 82.7 cm³/mol. The van der Waals surface area contributed by atoms with Crippen molar-refractivity contribution in [2.45, 2.75) is 64.1 Å². The molecular formula is C17H27N3. The van der Waals surface area contributed by atoms with E-state index in [9.17, 15) is 0 Å². The predicted octanol–water partition coefficient (Wildman–Crippen LogP) is 2.89. The number of hydrogen-bond acceptors (Lipinski definition) is 3. The van der Waals surface area contributed by atoms with E-state index < -0.39 is 0 Å². The van der Waals surface area contributed by atoms with Crippen molar-refractivity contribution in [3.8, 4) is 0 Å². The number of nitrogens with one attached hydrogen (secondary N) is 1. The van der Waals surface area contributed by atoms with Crippen molar-refractivity contribution in [2.75, 3.05) is 13.1 Å². The van der Waals surface area contributed by atoms with Crippen LogP contribution >= 0.6 is 0 Å². The summed E-state index contributed by atoms with van der Waals surface area (Å²) in [6, 6.07) is 4.20. The molecule has 0 amide bonds. The average Bonchev–Trinajstić information content (AvgIpc) is 2.86. The highest BCUT2D eigenvalue weighted by molar-refractivity contribution is 5.18. The van der Waals surface area contributed by atoms with Gasteiger partial charge >= 0.3 is 0 Å². The van der Waals surface area contributed by atoms with Gasteiger partial charge in [0.25, 0.3) is 0 Å². The van der Waals surface area contributed by atoms with Crippen LogP contribution in [0.1, 0.15) is 50.8 Å². The Hall–Kier alpha value is -0.930. The minimum absolute atomic E-state index is 0.206. The minimum atomic E-state index is 0.206. The quantitative estimate of drug-likeness (QED) is 0.898. The molecular weight excluding hydrogens is 246 g/mol. The summed E-state index contributed by atoms with van der Waals surface area (Å²) in [6.07, 6.45) is 7.35. The maximum absolute atomic E-state index is 4.59. The van der Waals surface area contributed by atoms with Gasteiger partial charge in [-0.3, -0.25) is 9.88 Å². The van der Waals surface area contributed by atoms with Crippen molar-refractivity contribution in [1.82, 2.24) is 15.2 Å². The number of aromatic nitrogens is 1. The Morgan fingerprint density at radius 3 is 2.75 bits per heavy atom. The first kappa shape index (κ1) is 14.0. The summed E-state index contributed by atoms with van der Waals surface area (Å²) in [4.78, 5) is 7.23. The minimum Gasteiger partial charge on any atom is -0.308 e. The molecule has 3 nitrogen and oxygen atoms in total. The molecule has 2 heterocycles. The fraction of sp³-hybridized carbons (Fsp3) is 0.706. The van der Waals surface area contributed by atoms with Gasteiger partial charge in [-0.1, -0.05) is 18.9 Å². The average molecular weight is 273 g/mol. The first-order chi connectivity index (χ1) is 9.51. The highest BCUT2D eigenvalue weighted by atomic mass is 15.3. The molecule has 1 aliphatic heterocycles. The van der Waals surface area contributed by atoms with E-state index in [0.29, 0.717) is 5.54 Å². The van der Waals surface area contributed by atoms with Crippen molar-refractivity contribution in [1.29, 1.82) is 0 Å². The Balaban J connectivity index is 1.80. The molecule has 1 saturated heterocycles. The molecule has 0 unspecified atom stereocenters. The number of hydrogen-bond donors (Lipinski definition) is 1. The fourth-order valence-electron chi connectivity index (χ4n) is 3.67. The van der Waals surface area contributed by atoms with E-state index in [4.69, 9.17) is 0 Å². The standard InChI is InChI=1S/C17H27N3/c1-14-7-6-10-18-15(14)11-20-13-17(8-4-5-9-17)19-12-16(20,2)3/h6-7,10,19H,4-5,8-9,11-13H2,1-3H3. The maximum atomic E-state index is 4.59. The van der Waals surface area contributed by atoms with Crippen molar-refractivity contribution < 1.29 is 0 Å². The summed E-state index contributed by atoms with van der Waals surface area (Å²) in [5.74, 6) is 0. The third-order valence-electron chi connectivity index (χ3n) is 5.26. The van der Waals surface area contributed by atoms with E-state index in [-0.39, 0.29) is 5.54 Å². The topological polar surface area (TPSA) is 28.2 Å². The molecule has 3 rings (SSSR count). The van der Waals surface area contributed by atoms with Gasteiger partial charge in [-0.05, 0) is 45.2 Å². The summed E-state index contributed by atoms with van der Waals surface area (Å²) in [5.41, 5.74) is 3.12.